The summed E-state index contributed by atoms with van der Waals surface area (Å²) in [5.41, 5.74) is 9.22. The Morgan fingerprint density at radius 2 is 1.58 bits per heavy atom. The third kappa shape index (κ3) is 4.93. The van der Waals surface area contributed by atoms with Gasteiger partial charge in [-0.3, -0.25) is 4.79 Å². The molecular weight excluding hydrogens is 418 g/mol. The minimum atomic E-state index is -0.480. The number of fused-ring (bicyclic) bond motifs is 2. The highest BCUT2D eigenvalue weighted by Crippen LogP contribution is 2.22. The lowest BCUT2D eigenvalue weighted by atomic mass is 10.2. The smallest absolute Gasteiger partial charge is 0.226 e. The number of hydrogen-bond donors (Lipinski definition) is 1. The van der Waals surface area contributed by atoms with Crippen molar-refractivity contribution in [2.45, 2.75) is 19.6 Å². The zero-order valence-corrected chi connectivity index (χ0v) is 17.7. The molecule has 33 heavy (non-hydrogen) atoms. The summed E-state index contributed by atoms with van der Waals surface area (Å²) in [5.74, 6) is 1.29. The highest BCUT2D eigenvalue weighted by Gasteiger charge is 2.09. The summed E-state index contributed by atoms with van der Waals surface area (Å²) in [6, 6.07) is 25.1. The number of pyridine rings is 1. The molecule has 0 spiro atoms. The maximum Gasteiger partial charge on any atom is 0.226 e. The quantitative estimate of drug-likeness (QED) is 0.380. The van der Waals surface area contributed by atoms with Gasteiger partial charge in [-0.25, -0.2) is 9.97 Å². The third-order valence-electron chi connectivity index (χ3n) is 5.09. The van der Waals surface area contributed by atoms with Gasteiger partial charge in [0.15, 0.2) is 5.58 Å². The van der Waals surface area contributed by atoms with Gasteiger partial charge in [0.05, 0.1) is 11.2 Å². The molecule has 0 radical (unpaired) electrons. The minimum absolute atomic E-state index is 0.0220. The lowest BCUT2D eigenvalue weighted by molar-refractivity contribution is -0.117. The Hall–Kier alpha value is -4.39. The van der Waals surface area contributed by atoms with Crippen LogP contribution in [0, 0.1) is 0 Å². The number of primary amides is 1. The van der Waals surface area contributed by atoms with E-state index in [0.717, 1.165) is 33.7 Å². The van der Waals surface area contributed by atoms with Gasteiger partial charge in [-0.15, -0.1) is 0 Å². The Morgan fingerprint density at radius 1 is 0.818 bits per heavy atom. The molecule has 0 unspecified atom stereocenters. The molecule has 7 heteroatoms. The number of carbonyl (C=O) groups is 1. The molecule has 1 amide bonds. The van der Waals surface area contributed by atoms with Crippen LogP contribution in [0.1, 0.15) is 17.1 Å². The predicted molar refractivity (Wildman–Crippen MR) is 124 cm³/mol. The van der Waals surface area contributed by atoms with Crippen LogP contribution >= 0.6 is 0 Å². The van der Waals surface area contributed by atoms with Crippen molar-refractivity contribution in [2.24, 2.45) is 5.73 Å². The molecule has 7 nitrogen and oxygen atoms in total. The molecule has 2 aromatic heterocycles. The molecule has 0 atom stereocenters. The summed E-state index contributed by atoms with van der Waals surface area (Å²) >= 11 is 0. The van der Waals surface area contributed by atoms with Crippen LogP contribution in [-0.4, -0.2) is 15.9 Å². The standard InChI is InChI=1S/C26H21N3O4/c27-25(30)14-26-29-23-12-5-17(13-24(23)33-26)15-31-20-8-10-21(11-9-20)32-16-19-7-6-18-3-1-2-4-22(18)28-19/h1-13H,14-16H2,(H2,27,30). The number of carbonyl (C=O) groups excluding carboxylic acids is 1. The van der Waals surface area contributed by atoms with E-state index in [4.69, 9.17) is 19.6 Å². The van der Waals surface area contributed by atoms with Crippen molar-refractivity contribution < 1.29 is 18.7 Å². The van der Waals surface area contributed by atoms with Gasteiger partial charge in [-0.1, -0.05) is 30.3 Å². The molecule has 164 valence electrons. The van der Waals surface area contributed by atoms with Crippen molar-refractivity contribution in [1.29, 1.82) is 0 Å². The van der Waals surface area contributed by atoms with E-state index < -0.39 is 5.91 Å². The van der Waals surface area contributed by atoms with E-state index in [2.05, 4.69) is 9.97 Å². The number of oxazole rings is 1. The first kappa shape index (κ1) is 20.5. The van der Waals surface area contributed by atoms with E-state index in [0.29, 0.717) is 30.2 Å². The average Bonchev–Trinajstić information content (AvgIpc) is 3.22. The Kier molecular flexibility index (Phi) is 5.59. The summed E-state index contributed by atoms with van der Waals surface area (Å²) in [4.78, 5) is 19.9. The van der Waals surface area contributed by atoms with Crippen LogP contribution in [-0.2, 0) is 24.4 Å². The summed E-state index contributed by atoms with van der Waals surface area (Å²) in [5, 5.41) is 1.11. The van der Waals surface area contributed by atoms with E-state index in [9.17, 15) is 4.79 Å². The van der Waals surface area contributed by atoms with Crippen LogP contribution in [0.3, 0.4) is 0 Å². The third-order valence-corrected chi connectivity index (χ3v) is 5.09. The van der Waals surface area contributed by atoms with E-state index in [1.54, 1.807) is 0 Å². The van der Waals surface area contributed by atoms with Crippen molar-refractivity contribution >= 4 is 27.9 Å². The first-order chi connectivity index (χ1) is 16.1. The monoisotopic (exact) mass is 439 g/mol. The molecular formula is C26H21N3O4. The normalized spacial score (nSPS) is 11.0. The molecule has 0 saturated carbocycles. The van der Waals surface area contributed by atoms with Crippen molar-refractivity contribution in [3.8, 4) is 11.5 Å². The molecule has 5 rings (SSSR count). The fraction of sp³-hybridized carbons (Fsp3) is 0.115. The number of para-hydroxylation sites is 1. The van der Waals surface area contributed by atoms with Crippen molar-refractivity contribution in [1.82, 2.24) is 9.97 Å². The number of nitrogens with zero attached hydrogens (tertiary/aromatic N) is 2. The van der Waals surface area contributed by atoms with Gasteiger partial charge >= 0.3 is 0 Å². The molecule has 0 fully saturated rings. The van der Waals surface area contributed by atoms with Gasteiger partial charge in [0.2, 0.25) is 11.8 Å². The van der Waals surface area contributed by atoms with Gasteiger partial charge in [0.25, 0.3) is 0 Å². The summed E-state index contributed by atoms with van der Waals surface area (Å²) < 4.78 is 17.3. The Bertz CT molecular complexity index is 1430. The topological polar surface area (TPSA) is 100 Å². The molecule has 5 aromatic rings. The van der Waals surface area contributed by atoms with Gasteiger partial charge in [0.1, 0.15) is 36.7 Å². The second-order valence-corrected chi connectivity index (χ2v) is 7.60. The number of aromatic nitrogens is 2. The molecule has 3 aromatic carbocycles. The number of nitrogens with two attached hydrogens (primary N) is 1. The van der Waals surface area contributed by atoms with Crippen LogP contribution < -0.4 is 15.2 Å². The second-order valence-electron chi connectivity index (χ2n) is 7.60. The van der Waals surface area contributed by atoms with Crippen molar-refractivity contribution in [3.05, 3.63) is 96.0 Å². The molecule has 0 aliphatic carbocycles. The fourth-order valence-electron chi connectivity index (χ4n) is 3.48. The number of benzene rings is 3. The van der Waals surface area contributed by atoms with Crippen molar-refractivity contribution in [2.75, 3.05) is 0 Å². The maximum atomic E-state index is 11.0. The predicted octanol–water partition coefficient (Wildman–Crippen LogP) is 4.56. The van der Waals surface area contributed by atoms with E-state index in [1.165, 1.54) is 0 Å². The molecule has 0 aliphatic heterocycles. The van der Waals surface area contributed by atoms with Gasteiger partial charge in [-0.05, 0) is 54.1 Å². The molecule has 0 saturated heterocycles. The Morgan fingerprint density at radius 3 is 2.36 bits per heavy atom. The summed E-state index contributed by atoms with van der Waals surface area (Å²) in [6.45, 7) is 0.753. The lowest BCUT2D eigenvalue weighted by Crippen LogP contribution is -2.13. The van der Waals surface area contributed by atoms with E-state index >= 15 is 0 Å². The highest BCUT2D eigenvalue weighted by atomic mass is 16.5. The highest BCUT2D eigenvalue weighted by molar-refractivity contribution is 5.79. The van der Waals surface area contributed by atoms with Crippen LogP contribution in [0.25, 0.3) is 22.0 Å². The molecule has 0 bridgehead atoms. The number of amides is 1. The first-order valence-corrected chi connectivity index (χ1v) is 10.5. The van der Waals surface area contributed by atoms with Crippen LogP contribution in [0.5, 0.6) is 11.5 Å². The largest absolute Gasteiger partial charge is 0.489 e. The van der Waals surface area contributed by atoms with Gasteiger partial charge in [0, 0.05) is 5.39 Å². The minimum Gasteiger partial charge on any atom is -0.489 e. The Balaban J connectivity index is 1.17. The lowest BCUT2D eigenvalue weighted by Gasteiger charge is -2.09. The first-order valence-electron chi connectivity index (χ1n) is 10.5. The number of hydrogen-bond acceptors (Lipinski definition) is 6. The molecule has 2 N–H and O–H groups in total. The average molecular weight is 439 g/mol. The van der Waals surface area contributed by atoms with Crippen LogP contribution in [0.15, 0.2) is 83.3 Å². The summed E-state index contributed by atoms with van der Waals surface area (Å²) in [7, 11) is 0. The fourth-order valence-corrected chi connectivity index (χ4v) is 3.48. The van der Waals surface area contributed by atoms with Crippen LogP contribution in [0.4, 0.5) is 0 Å². The molecule has 0 aliphatic rings. The SMILES string of the molecule is NC(=O)Cc1nc2ccc(COc3ccc(OCc4ccc5ccccc5n4)cc3)cc2o1. The zero-order valence-electron chi connectivity index (χ0n) is 17.7. The maximum absolute atomic E-state index is 11.0. The Labute approximate surface area is 189 Å². The molecule has 2 heterocycles. The van der Waals surface area contributed by atoms with E-state index in [-0.39, 0.29) is 6.42 Å². The number of ether oxygens (including phenoxy) is 2. The van der Waals surface area contributed by atoms with Crippen LogP contribution in [0.2, 0.25) is 0 Å². The van der Waals surface area contributed by atoms with E-state index in [1.807, 2.05) is 78.9 Å². The van der Waals surface area contributed by atoms with Crippen molar-refractivity contribution in [3.63, 3.8) is 0 Å². The van der Waals surface area contributed by atoms with Gasteiger partial charge < -0.3 is 19.6 Å². The second kappa shape index (κ2) is 9.00. The van der Waals surface area contributed by atoms with Gasteiger partial charge in [-0.2, -0.15) is 0 Å². The summed E-state index contributed by atoms with van der Waals surface area (Å²) in [6.07, 6.45) is -0.0220. The zero-order chi connectivity index (χ0) is 22.6. The number of rotatable bonds is 8.